The fraction of sp³-hybridized carbons (Fsp3) is 0.690. The van der Waals surface area contributed by atoms with E-state index in [2.05, 4.69) is 26.8 Å². The molecule has 4 aliphatic rings. The maximum atomic E-state index is 13.0. The highest BCUT2D eigenvalue weighted by molar-refractivity contribution is 6.10. The molecule has 3 N–H and O–H groups in total. The van der Waals surface area contributed by atoms with E-state index in [1.807, 2.05) is 20.8 Å². The number of ketones is 1. The Balaban J connectivity index is 1.83. The molecule has 3 aliphatic heterocycles. The number of hydrogen-bond donors (Lipinski definition) is 3. The summed E-state index contributed by atoms with van der Waals surface area (Å²) in [6.07, 6.45) is 5.76. The van der Waals surface area contributed by atoms with Gasteiger partial charge >= 0.3 is 0 Å². The number of carbonyl (C=O) groups is 1. The number of allylic oxidation sites excluding steroid dienone is 4. The molecule has 35 heavy (non-hydrogen) atoms. The third kappa shape index (κ3) is 4.65. The Morgan fingerprint density at radius 2 is 1.74 bits per heavy atom. The van der Waals surface area contributed by atoms with E-state index in [-0.39, 0.29) is 35.2 Å². The molecular formula is C29H42O6. The van der Waals surface area contributed by atoms with Crippen LogP contribution in [0.15, 0.2) is 46.0 Å². The first-order valence-electron chi connectivity index (χ1n) is 13.2. The van der Waals surface area contributed by atoms with Gasteiger partial charge in [-0.25, -0.2) is 0 Å². The number of rotatable bonds is 0. The summed E-state index contributed by atoms with van der Waals surface area (Å²) in [5.41, 5.74) is 2.44. The van der Waals surface area contributed by atoms with E-state index in [0.717, 1.165) is 25.7 Å². The molecule has 0 aromatic carbocycles. The Bertz CT molecular complexity index is 1000. The zero-order chi connectivity index (χ0) is 25.8. The van der Waals surface area contributed by atoms with E-state index in [9.17, 15) is 20.1 Å². The minimum Gasteiger partial charge on any atom is -0.504 e. The van der Waals surface area contributed by atoms with Gasteiger partial charge in [0.15, 0.2) is 5.76 Å². The molecular weight excluding hydrogens is 444 g/mol. The van der Waals surface area contributed by atoms with Crippen molar-refractivity contribution in [3.05, 3.63) is 46.0 Å². The number of aliphatic hydroxyl groups excluding tert-OH is 2. The van der Waals surface area contributed by atoms with Crippen LogP contribution in [-0.2, 0) is 14.3 Å². The zero-order valence-corrected chi connectivity index (χ0v) is 22.2. The Morgan fingerprint density at radius 1 is 1.06 bits per heavy atom. The number of Topliss-reactive ketones (excluding diaryl/α,β-unsaturated/α-hetero) is 1. The predicted molar refractivity (Wildman–Crippen MR) is 134 cm³/mol. The highest BCUT2D eigenvalue weighted by Crippen LogP contribution is 2.49. The number of ether oxygens (including phenoxy) is 2. The molecule has 0 aromatic rings. The van der Waals surface area contributed by atoms with E-state index in [1.54, 1.807) is 13.0 Å². The predicted octanol–water partition coefficient (Wildman–Crippen LogP) is 5.13. The Kier molecular flexibility index (Phi) is 7.13. The first-order chi connectivity index (χ1) is 16.3. The van der Waals surface area contributed by atoms with Crippen molar-refractivity contribution >= 4 is 5.78 Å². The van der Waals surface area contributed by atoms with Gasteiger partial charge in [0, 0.05) is 34.5 Å². The summed E-state index contributed by atoms with van der Waals surface area (Å²) in [5, 5.41) is 33.8. The number of hydrogen-bond acceptors (Lipinski definition) is 6. The van der Waals surface area contributed by atoms with Gasteiger partial charge < -0.3 is 24.8 Å². The lowest BCUT2D eigenvalue weighted by Crippen LogP contribution is -2.50. The van der Waals surface area contributed by atoms with E-state index >= 15 is 0 Å². The summed E-state index contributed by atoms with van der Waals surface area (Å²) in [7, 11) is 0. The van der Waals surface area contributed by atoms with E-state index in [0.29, 0.717) is 28.7 Å². The molecule has 194 valence electrons. The molecule has 0 aromatic heterocycles. The highest BCUT2D eigenvalue weighted by Gasteiger charge is 2.51. The molecule has 1 saturated heterocycles. The van der Waals surface area contributed by atoms with Crippen LogP contribution >= 0.6 is 0 Å². The lowest BCUT2D eigenvalue weighted by atomic mass is 9.75. The van der Waals surface area contributed by atoms with Crippen molar-refractivity contribution in [1.82, 2.24) is 0 Å². The maximum Gasteiger partial charge on any atom is 0.231 e. The normalized spacial score (nSPS) is 44.5. The van der Waals surface area contributed by atoms with Crippen LogP contribution in [0.5, 0.6) is 0 Å². The molecule has 0 radical (unpaired) electrons. The van der Waals surface area contributed by atoms with E-state index < -0.39 is 23.8 Å². The molecule has 0 amide bonds. The lowest BCUT2D eigenvalue weighted by molar-refractivity contribution is -0.164. The standard InChI is InChI=1S/C29H42O6/c1-14-8-9-22-18(5)24(30)19(6)28(34-22)23-21-13-29(33,17(4)12-16(3)11-15(2)10-14)35-27(21)20(7)25(31)26(23)32/h10,13-14,16-19,22,24,28,30,32-33H,8-9,11-12H2,1-7H3/b15-10-/t14-,16-,17+,18+,19-,22?,24+,28?,29-/m1/s1. The molecule has 0 saturated carbocycles. The van der Waals surface area contributed by atoms with Crippen LogP contribution in [0.2, 0.25) is 0 Å². The minimum absolute atomic E-state index is 0.0815. The van der Waals surface area contributed by atoms with Gasteiger partial charge in [-0.15, -0.1) is 0 Å². The topological polar surface area (TPSA) is 96.2 Å². The average Bonchev–Trinajstić information content (AvgIpc) is 3.14. The monoisotopic (exact) mass is 486 g/mol. The van der Waals surface area contributed by atoms with Gasteiger partial charge in [0.25, 0.3) is 0 Å². The summed E-state index contributed by atoms with van der Waals surface area (Å²) in [4.78, 5) is 13.0. The summed E-state index contributed by atoms with van der Waals surface area (Å²) in [6, 6.07) is 0. The van der Waals surface area contributed by atoms with Gasteiger partial charge in [-0.1, -0.05) is 46.3 Å². The molecule has 9 atom stereocenters. The number of aliphatic hydroxyl groups is 3. The third-order valence-corrected chi connectivity index (χ3v) is 8.66. The molecule has 1 aliphatic carbocycles. The van der Waals surface area contributed by atoms with Crippen molar-refractivity contribution in [3.8, 4) is 0 Å². The van der Waals surface area contributed by atoms with Crippen molar-refractivity contribution < 1.29 is 29.6 Å². The average molecular weight is 487 g/mol. The second-order valence-corrected chi connectivity index (χ2v) is 11.8. The summed E-state index contributed by atoms with van der Waals surface area (Å²) in [6.45, 7) is 14.0. The fourth-order valence-electron chi connectivity index (χ4n) is 6.51. The molecule has 1 fully saturated rings. The Hall–Kier alpha value is -1.89. The molecule has 4 rings (SSSR count). The fourth-order valence-corrected chi connectivity index (χ4v) is 6.51. The van der Waals surface area contributed by atoms with Crippen LogP contribution in [0.1, 0.15) is 74.1 Å². The summed E-state index contributed by atoms with van der Waals surface area (Å²) >= 11 is 0. The molecule has 6 nitrogen and oxygen atoms in total. The van der Waals surface area contributed by atoms with Crippen molar-refractivity contribution in [2.75, 3.05) is 0 Å². The second kappa shape index (κ2) is 9.53. The minimum atomic E-state index is -1.60. The van der Waals surface area contributed by atoms with Crippen molar-refractivity contribution in [2.24, 2.45) is 29.6 Å². The first kappa shape index (κ1) is 26.2. The summed E-state index contributed by atoms with van der Waals surface area (Å²) in [5.74, 6) is -2.16. The van der Waals surface area contributed by atoms with Crippen LogP contribution in [0.3, 0.4) is 0 Å². The molecule has 4 bridgehead atoms. The molecule has 6 heteroatoms. The quantitative estimate of drug-likeness (QED) is 0.411. The third-order valence-electron chi connectivity index (χ3n) is 8.66. The van der Waals surface area contributed by atoms with Gasteiger partial charge in [0.05, 0.1) is 18.3 Å². The Labute approximate surface area is 209 Å². The van der Waals surface area contributed by atoms with E-state index in [1.165, 1.54) is 5.57 Å². The van der Waals surface area contributed by atoms with Gasteiger partial charge in [-0.2, -0.15) is 0 Å². The highest BCUT2D eigenvalue weighted by atomic mass is 16.6. The summed E-state index contributed by atoms with van der Waals surface area (Å²) < 4.78 is 12.7. The molecule has 3 heterocycles. The van der Waals surface area contributed by atoms with Crippen LogP contribution in [0.4, 0.5) is 0 Å². The second-order valence-electron chi connectivity index (χ2n) is 11.8. The van der Waals surface area contributed by atoms with Gasteiger partial charge in [0.1, 0.15) is 5.76 Å². The largest absolute Gasteiger partial charge is 0.504 e. The smallest absolute Gasteiger partial charge is 0.231 e. The van der Waals surface area contributed by atoms with Gasteiger partial charge in [0.2, 0.25) is 11.6 Å². The van der Waals surface area contributed by atoms with Crippen LogP contribution in [0, 0.1) is 29.6 Å². The molecule has 2 unspecified atom stereocenters. The zero-order valence-electron chi connectivity index (χ0n) is 22.2. The van der Waals surface area contributed by atoms with Crippen molar-refractivity contribution in [1.29, 1.82) is 0 Å². The van der Waals surface area contributed by atoms with Crippen molar-refractivity contribution in [3.63, 3.8) is 0 Å². The van der Waals surface area contributed by atoms with Crippen LogP contribution in [0.25, 0.3) is 0 Å². The first-order valence-corrected chi connectivity index (χ1v) is 13.2. The van der Waals surface area contributed by atoms with Gasteiger partial charge in [-0.05, 0) is 57.4 Å². The van der Waals surface area contributed by atoms with Crippen LogP contribution < -0.4 is 0 Å². The van der Waals surface area contributed by atoms with E-state index in [4.69, 9.17) is 9.47 Å². The molecule has 0 spiro atoms. The van der Waals surface area contributed by atoms with Crippen LogP contribution in [-0.4, -0.2) is 45.2 Å². The lowest BCUT2D eigenvalue weighted by Gasteiger charge is -2.44. The van der Waals surface area contributed by atoms with Gasteiger partial charge in [-0.3, -0.25) is 4.79 Å². The number of fused-ring (bicyclic) bond motifs is 4. The maximum absolute atomic E-state index is 13.0. The SMILES string of the molecule is CC1=C2O[C@]3(O)C=C2C(=C(O)C1=O)C1OC(CC[C@@H](C)/C=C(/C)C[C@@H](C)C[C@@H]3C)[C@H](C)[C@H](O)[C@H]1C. The number of carbonyl (C=O) groups excluding carboxylic acids is 1. The Morgan fingerprint density at radius 3 is 2.43 bits per heavy atom. The van der Waals surface area contributed by atoms with Crippen molar-refractivity contribution in [2.45, 2.75) is 98.2 Å².